The zero-order chi connectivity index (χ0) is 19.8. The smallest absolute Gasteiger partial charge is 0.159 e. The summed E-state index contributed by atoms with van der Waals surface area (Å²) in [6.45, 7) is 7.73. The van der Waals surface area contributed by atoms with Gasteiger partial charge in [-0.1, -0.05) is 0 Å². The van der Waals surface area contributed by atoms with Crippen LogP contribution in [0.4, 0.5) is 11.6 Å². The second-order valence-corrected chi connectivity index (χ2v) is 7.88. The van der Waals surface area contributed by atoms with E-state index in [-0.39, 0.29) is 0 Å². The number of anilines is 2. The van der Waals surface area contributed by atoms with Crippen molar-refractivity contribution in [2.45, 2.75) is 39.5 Å². The van der Waals surface area contributed by atoms with Gasteiger partial charge in [-0.25, -0.2) is 24.6 Å². The summed E-state index contributed by atoms with van der Waals surface area (Å²) in [5, 5.41) is 4.54. The van der Waals surface area contributed by atoms with Gasteiger partial charge in [-0.2, -0.15) is 5.10 Å². The second kappa shape index (κ2) is 7.42. The first-order chi connectivity index (χ1) is 14.2. The maximum atomic E-state index is 4.64. The Labute approximate surface area is 170 Å². The first-order valence-corrected chi connectivity index (χ1v) is 10.4. The van der Waals surface area contributed by atoms with Crippen molar-refractivity contribution in [3.05, 3.63) is 47.4 Å². The van der Waals surface area contributed by atoms with Crippen molar-refractivity contribution in [3.8, 4) is 5.82 Å². The van der Waals surface area contributed by atoms with Gasteiger partial charge in [-0.05, 0) is 45.6 Å². The Balaban J connectivity index is 1.33. The summed E-state index contributed by atoms with van der Waals surface area (Å²) in [5.41, 5.74) is 4.67. The van der Waals surface area contributed by atoms with Gasteiger partial charge >= 0.3 is 0 Å². The molecule has 4 heterocycles. The third-order valence-corrected chi connectivity index (χ3v) is 5.87. The molecule has 1 aliphatic carbocycles. The van der Waals surface area contributed by atoms with Crippen LogP contribution >= 0.6 is 0 Å². The largest absolute Gasteiger partial charge is 0.353 e. The van der Waals surface area contributed by atoms with E-state index < -0.39 is 0 Å². The van der Waals surface area contributed by atoms with Gasteiger partial charge in [-0.15, -0.1) is 0 Å². The van der Waals surface area contributed by atoms with Crippen LogP contribution in [-0.4, -0.2) is 55.9 Å². The molecule has 0 saturated carbocycles. The summed E-state index contributed by atoms with van der Waals surface area (Å²) in [4.78, 5) is 22.8. The molecule has 0 spiro atoms. The van der Waals surface area contributed by atoms with Crippen molar-refractivity contribution in [2.24, 2.45) is 0 Å². The van der Waals surface area contributed by atoms with Gasteiger partial charge in [0.1, 0.15) is 24.3 Å². The Kier molecular flexibility index (Phi) is 4.61. The van der Waals surface area contributed by atoms with Crippen LogP contribution in [0.1, 0.15) is 35.5 Å². The molecule has 150 valence electrons. The molecule has 8 heteroatoms. The Morgan fingerprint density at radius 2 is 1.48 bits per heavy atom. The zero-order valence-corrected chi connectivity index (χ0v) is 17.0. The quantitative estimate of drug-likeness (QED) is 0.679. The molecule has 0 amide bonds. The Morgan fingerprint density at radius 3 is 2.28 bits per heavy atom. The number of hydrogen-bond acceptors (Lipinski definition) is 7. The highest BCUT2D eigenvalue weighted by Gasteiger charge is 2.24. The molecule has 1 saturated heterocycles. The summed E-state index contributed by atoms with van der Waals surface area (Å²) < 4.78 is 1.88. The van der Waals surface area contributed by atoms with Crippen molar-refractivity contribution in [2.75, 3.05) is 36.0 Å². The highest BCUT2D eigenvalue weighted by Crippen LogP contribution is 2.28. The number of piperazine rings is 1. The second-order valence-electron chi connectivity index (χ2n) is 7.88. The molecule has 0 N–H and O–H groups in total. The lowest BCUT2D eigenvalue weighted by molar-refractivity contribution is 0.619. The van der Waals surface area contributed by atoms with Gasteiger partial charge in [0.2, 0.25) is 0 Å². The van der Waals surface area contributed by atoms with Crippen LogP contribution in [0.2, 0.25) is 0 Å². The van der Waals surface area contributed by atoms with Crippen molar-refractivity contribution >= 4 is 11.6 Å². The topological polar surface area (TPSA) is 75.9 Å². The predicted octanol–water partition coefficient (Wildman–Crippen LogP) is 2.27. The highest BCUT2D eigenvalue weighted by molar-refractivity contribution is 5.52. The first kappa shape index (κ1) is 18.0. The number of fused-ring (bicyclic) bond motifs is 1. The Bertz CT molecular complexity index is 1020. The Morgan fingerprint density at radius 1 is 0.759 bits per heavy atom. The number of nitrogens with zero attached hydrogens (tertiary/aromatic N) is 8. The summed E-state index contributed by atoms with van der Waals surface area (Å²) in [7, 11) is 0. The molecule has 1 aliphatic heterocycles. The third-order valence-electron chi connectivity index (χ3n) is 5.87. The van der Waals surface area contributed by atoms with Crippen LogP contribution < -0.4 is 9.80 Å². The maximum absolute atomic E-state index is 4.64. The molecule has 0 unspecified atom stereocenters. The van der Waals surface area contributed by atoms with Crippen molar-refractivity contribution in [1.29, 1.82) is 0 Å². The summed E-state index contributed by atoms with van der Waals surface area (Å²) in [5.74, 6) is 2.90. The normalized spacial score (nSPS) is 16.8. The van der Waals surface area contributed by atoms with Gasteiger partial charge in [0.15, 0.2) is 5.82 Å². The van der Waals surface area contributed by atoms with Crippen molar-refractivity contribution in [1.82, 2.24) is 29.7 Å². The average Bonchev–Trinajstić information content (AvgIpc) is 3.11. The highest BCUT2D eigenvalue weighted by atomic mass is 15.3. The van der Waals surface area contributed by atoms with E-state index in [1.807, 2.05) is 24.6 Å². The number of rotatable bonds is 3. The van der Waals surface area contributed by atoms with E-state index in [4.69, 9.17) is 0 Å². The fraction of sp³-hybridized carbons (Fsp3) is 0.476. The fourth-order valence-electron chi connectivity index (χ4n) is 4.41. The minimum Gasteiger partial charge on any atom is -0.353 e. The molecular weight excluding hydrogens is 364 g/mol. The fourth-order valence-corrected chi connectivity index (χ4v) is 4.41. The van der Waals surface area contributed by atoms with Gasteiger partial charge in [0.25, 0.3) is 0 Å². The average molecular weight is 390 g/mol. The first-order valence-electron chi connectivity index (χ1n) is 10.4. The third kappa shape index (κ3) is 3.43. The molecule has 0 radical (unpaired) electrons. The van der Waals surface area contributed by atoms with Gasteiger partial charge in [0.05, 0.1) is 5.69 Å². The summed E-state index contributed by atoms with van der Waals surface area (Å²) in [6.07, 6.45) is 8.03. The molecule has 0 atom stereocenters. The SMILES string of the molecule is Cc1cc(C)n(-c2cc(N3CCN(c4ncnc5c4CCCC5)CC3)ncn2)n1. The van der Waals surface area contributed by atoms with E-state index in [1.54, 1.807) is 12.7 Å². The number of aromatic nitrogens is 6. The summed E-state index contributed by atoms with van der Waals surface area (Å²) in [6, 6.07) is 4.09. The molecule has 0 bridgehead atoms. The van der Waals surface area contributed by atoms with Crippen LogP contribution in [-0.2, 0) is 12.8 Å². The van der Waals surface area contributed by atoms with E-state index >= 15 is 0 Å². The van der Waals surface area contributed by atoms with E-state index in [0.717, 1.165) is 67.9 Å². The molecule has 3 aromatic rings. The van der Waals surface area contributed by atoms with Crippen LogP contribution in [0.5, 0.6) is 0 Å². The van der Waals surface area contributed by atoms with E-state index in [0.29, 0.717) is 0 Å². The van der Waals surface area contributed by atoms with Crippen molar-refractivity contribution < 1.29 is 0 Å². The lowest BCUT2D eigenvalue weighted by Crippen LogP contribution is -2.47. The maximum Gasteiger partial charge on any atom is 0.159 e. The standard InChI is InChI=1S/C21H26N8/c1-15-11-16(2)29(26-15)20-12-19(23-14-24-20)27-7-9-28(10-8-27)21-17-5-3-4-6-18(17)22-13-25-21/h11-14H,3-10H2,1-2H3. The molecule has 2 aliphatic rings. The molecule has 1 fully saturated rings. The lowest BCUT2D eigenvalue weighted by atomic mass is 9.96. The molecule has 8 nitrogen and oxygen atoms in total. The van der Waals surface area contributed by atoms with Gasteiger partial charge in [0, 0.05) is 49.2 Å². The zero-order valence-electron chi connectivity index (χ0n) is 17.0. The van der Waals surface area contributed by atoms with Crippen LogP contribution in [0, 0.1) is 13.8 Å². The summed E-state index contributed by atoms with van der Waals surface area (Å²) >= 11 is 0. The van der Waals surface area contributed by atoms with Gasteiger partial charge < -0.3 is 9.80 Å². The predicted molar refractivity (Wildman–Crippen MR) is 112 cm³/mol. The van der Waals surface area contributed by atoms with Crippen LogP contribution in [0.25, 0.3) is 5.82 Å². The minimum atomic E-state index is 0.813. The monoisotopic (exact) mass is 390 g/mol. The van der Waals surface area contributed by atoms with Gasteiger partial charge in [-0.3, -0.25) is 0 Å². The molecule has 29 heavy (non-hydrogen) atoms. The number of aryl methyl sites for hydroxylation is 3. The molecule has 3 aromatic heterocycles. The Hall–Kier alpha value is -3.03. The van der Waals surface area contributed by atoms with E-state index in [1.165, 1.54) is 24.1 Å². The number of hydrogen-bond donors (Lipinski definition) is 0. The van der Waals surface area contributed by atoms with Crippen LogP contribution in [0.3, 0.4) is 0 Å². The van der Waals surface area contributed by atoms with Crippen LogP contribution in [0.15, 0.2) is 24.8 Å². The van der Waals surface area contributed by atoms with Crippen molar-refractivity contribution in [3.63, 3.8) is 0 Å². The molecule has 5 rings (SSSR count). The van der Waals surface area contributed by atoms with E-state index in [9.17, 15) is 0 Å². The van der Waals surface area contributed by atoms with E-state index in [2.05, 4.69) is 40.9 Å². The minimum absolute atomic E-state index is 0.813. The molecule has 0 aromatic carbocycles. The lowest BCUT2D eigenvalue weighted by Gasteiger charge is -2.37. The molecular formula is C21H26N8.